The Balaban J connectivity index is 1.62. The number of unbranched alkanes of at least 4 members (excludes halogenated alkanes) is 1. The van der Waals surface area contributed by atoms with Crippen LogP contribution in [-0.4, -0.2) is 11.2 Å². The minimum absolute atomic E-state index is 0.0519. The van der Waals surface area contributed by atoms with Gasteiger partial charge >= 0.3 is 0 Å². The summed E-state index contributed by atoms with van der Waals surface area (Å²) in [6, 6.07) is 0. The van der Waals surface area contributed by atoms with Crippen molar-refractivity contribution in [3.05, 3.63) is 22.8 Å². The van der Waals surface area contributed by atoms with Gasteiger partial charge in [0.05, 0.1) is 6.10 Å². The maximum absolute atomic E-state index is 10.8. The molecule has 0 saturated heterocycles. The summed E-state index contributed by atoms with van der Waals surface area (Å²) in [5.41, 5.74) is 6.48. The van der Waals surface area contributed by atoms with Crippen LogP contribution in [0, 0.1) is 33.5 Å². The van der Waals surface area contributed by atoms with Gasteiger partial charge in [0, 0.05) is 0 Å². The molecule has 0 amide bonds. The third-order valence-corrected chi connectivity index (χ3v) is 11.2. The fraction of sp³-hybridized carbons (Fsp3) is 0.862. The predicted octanol–water partition coefficient (Wildman–Crippen LogP) is 8.23. The van der Waals surface area contributed by atoms with Crippen molar-refractivity contribution in [1.29, 1.82) is 0 Å². The van der Waals surface area contributed by atoms with E-state index in [9.17, 15) is 5.11 Å². The van der Waals surface area contributed by atoms with Gasteiger partial charge in [0.25, 0.3) is 0 Å². The summed E-state index contributed by atoms with van der Waals surface area (Å²) < 4.78 is 0. The van der Waals surface area contributed by atoms with Crippen LogP contribution in [0.3, 0.4) is 0 Å². The Morgan fingerprint density at radius 2 is 1.67 bits per heavy atom. The van der Waals surface area contributed by atoms with Gasteiger partial charge in [-0.1, -0.05) is 57.4 Å². The zero-order chi connectivity index (χ0) is 21.9. The standard InChI is InChI=1S/C29H48O/c1-20(2)10-8-9-11-21-14-18-29(7)23-12-13-24-26(3,4)25(30)16-17-27(24,5)22(23)15-19-28(21,29)6/h10,21,24-25,30H,8-9,11-19H2,1-7H3. The number of aliphatic hydroxyl groups excluding tert-OH is 1. The lowest BCUT2D eigenvalue weighted by Crippen LogP contribution is -2.54. The van der Waals surface area contributed by atoms with Gasteiger partial charge in [0.2, 0.25) is 0 Å². The monoisotopic (exact) mass is 412 g/mol. The maximum atomic E-state index is 10.8. The highest BCUT2D eigenvalue weighted by Gasteiger charge is 2.62. The van der Waals surface area contributed by atoms with Gasteiger partial charge in [-0.2, -0.15) is 0 Å². The molecule has 1 N–H and O–H groups in total. The molecule has 0 radical (unpaired) electrons. The lowest BCUT2D eigenvalue weighted by molar-refractivity contribution is -0.0957. The van der Waals surface area contributed by atoms with Gasteiger partial charge in [-0.05, 0) is 118 Å². The van der Waals surface area contributed by atoms with Crippen molar-refractivity contribution in [2.75, 3.05) is 0 Å². The molecule has 0 bridgehead atoms. The van der Waals surface area contributed by atoms with Crippen LogP contribution in [0.15, 0.2) is 22.8 Å². The van der Waals surface area contributed by atoms with Crippen LogP contribution in [0.2, 0.25) is 0 Å². The van der Waals surface area contributed by atoms with Gasteiger partial charge in [0.15, 0.2) is 0 Å². The van der Waals surface area contributed by atoms with E-state index in [2.05, 4.69) is 54.5 Å². The normalized spacial score (nSPS) is 44.9. The Hall–Kier alpha value is -0.560. The van der Waals surface area contributed by atoms with E-state index in [1.54, 1.807) is 0 Å². The lowest BCUT2D eigenvalue weighted by Gasteiger charge is -2.62. The minimum atomic E-state index is -0.126. The molecule has 170 valence electrons. The number of fused-ring (bicyclic) bond motifs is 4. The second kappa shape index (κ2) is 7.50. The van der Waals surface area contributed by atoms with E-state index >= 15 is 0 Å². The van der Waals surface area contributed by atoms with Crippen molar-refractivity contribution < 1.29 is 5.11 Å². The first-order valence-corrected chi connectivity index (χ1v) is 13.0. The van der Waals surface area contributed by atoms with Crippen LogP contribution in [0.5, 0.6) is 0 Å². The van der Waals surface area contributed by atoms with Crippen LogP contribution in [-0.2, 0) is 0 Å². The molecular weight excluding hydrogens is 364 g/mol. The molecule has 0 spiro atoms. The van der Waals surface area contributed by atoms with Gasteiger partial charge in [-0.15, -0.1) is 0 Å². The smallest absolute Gasteiger partial charge is 0.0594 e. The Labute approximate surface area is 186 Å². The van der Waals surface area contributed by atoms with Gasteiger partial charge in [0.1, 0.15) is 0 Å². The third kappa shape index (κ3) is 3.12. The molecule has 2 fully saturated rings. The van der Waals surface area contributed by atoms with Gasteiger partial charge in [-0.3, -0.25) is 0 Å². The molecule has 6 atom stereocenters. The van der Waals surface area contributed by atoms with Crippen molar-refractivity contribution in [2.24, 2.45) is 33.5 Å². The Morgan fingerprint density at radius 3 is 2.37 bits per heavy atom. The van der Waals surface area contributed by atoms with Crippen molar-refractivity contribution in [3.8, 4) is 0 Å². The molecule has 4 rings (SSSR count). The summed E-state index contributed by atoms with van der Waals surface area (Å²) in [4.78, 5) is 0. The SMILES string of the molecule is CC(C)=CCCCC1CCC2(C)C3=C(CCC12C)C1(C)CCC(O)C(C)(C)C1CC3. The predicted molar refractivity (Wildman–Crippen MR) is 128 cm³/mol. The molecule has 0 aliphatic heterocycles. The van der Waals surface area contributed by atoms with Crippen molar-refractivity contribution >= 4 is 0 Å². The Kier molecular flexibility index (Phi) is 5.66. The summed E-state index contributed by atoms with van der Waals surface area (Å²) in [5.74, 6) is 1.54. The molecular formula is C29H48O. The van der Waals surface area contributed by atoms with Gasteiger partial charge in [-0.25, -0.2) is 0 Å². The molecule has 1 heteroatoms. The number of rotatable bonds is 4. The first-order chi connectivity index (χ1) is 14.0. The second-order valence-electron chi connectivity index (χ2n) is 13.0. The summed E-state index contributed by atoms with van der Waals surface area (Å²) >= 11 is 0. The molecule has 0 aromatic heterocycles. The zero-order valence-corrected chi connectivity index (χ0v) is 21.0. The van der Waals surface area contributed by atoms with Crippen molar-refractivity contribution in [2.45, 2.75) is 125 Å². The Morgan fingerprint density at radius 1 is 0.933 bits per heavy atom. The van der Waals surface area contributed by atoms with E-state index in [4.69, 9.17) is 0 Å². The third-order valence-electron chi connectivity index (χ3n) is 11.2. The van der Waals surface area contributed by atoms with Gasteiger partial charge < -0.3 is 5.11 Å². The summed E-state index contributed by atoms with van der Waals surface area (Å²) in [7, 11) is 0. The van der Waals surface area contributed by atoms with Crippen LogP contribution in [0.4, 0.5) is 0 Å². The van der Waals surface area contributed by atoms with E-state index in [1.165, 1.54) is 69.8 Å². The fourth-order valence-corrected chi connectivity index (χ4v) is 9.01. The largest absolute Gasteiger partial charge is 0.393 e. The highest BCUT2D eigenvalue weighted by atomic mass is 16.3. The minimum Gasteiger partial charge on any atom is -0.393 e. The number of hydrogen-bond acceptors (Lipinski definition) is 1. The maximum Gasteiger partial charge on any atom is 0.0594 e. The van der Waals surface area contributed by atoms with Crippen LogP contribution in [0.1, 0.15) is 119 Å². The number of hydrogen-bond donors (Lipinski definition) is 1. The highest BCUT2D eigenvalue weighted by Crippen LogP contribution is 2.72. The first kappa shape index (κ1) is 22.6. The quantitative estimate of drug-likeness (QED) is 0.364. The van der Waals surface area contributed by atoms with Crippen LogP contribution in [0.25, 0.3) is 0 Å². The average molecular weight is 413 g/mol. The summed E-state index contributed by atoms with van der Waals surface area (Å²) in [5, 5.41) is 10.8. The number of aliphatic hydroxyl groups is 1. The zero-order valence-electron chi connectivity index (χ0n) is 21.0. The number of allylic oxidation sites excluding steroid dienone is 4. The lowest BCUT2D eigenvalue weighted by atomic mass is 9.43. The average Bonchev–Trinajstić information content (AvgIpc) is 2.94. The van der Waals surface area contributed by atoms with E-state index < -0.39 is 0 Å². The highest BCUT2D eigenvalue weighted by molar-refractivity contribution is 5.38. The molecule has 4 aliphatic rings. The molecule has 30 heavy (non-hydrogen) atoms. The van der Waals surface area contributed by atoms with E-state index in [0.717, 1.165) is 12.3 Å². The van der Waals surface area contributed by atoms with Crippen molar-refractivity contribution in [1.82, 2.24) is 0 Å². The first-order valence-electron chi connectivity index (χ1n) is 13.0. The molecule has 0 heterocycles. The molecule has 6 unspecified atom stereocenters. The molecule has 2 saturated carbocycles. The second-order valence-corrected chi connectivity index (χ2v) is 13.0. The van der Waals surface area contributed by atoms with Crippen LogP contribution < -0.4 is 0 Å². The molecule has 1 nitrogen and oxygen atoms in total. The van der Waals surface area contributed by atoms with Crippen LogP contribution >= 0.6 is 0 Å². The van der Waals surface area contributed by atoms with E-state index in [0.29, 0.717) is 22.2 Å². The molecule has 0 aromatic carbocycles. The molecule has 4 aliphatic carbocycles. The summed E-state index contributed by atoms with van der Waals surface area (Å²) in [6.45, 7) is 17.0. The Bertz CT molecular complexity index is 737. The van der Waals surface area contributed by atoms with E-state index in [-0.39, 0.29) is 11.5 Å². The molecule has 0 aromatic rings. The fourth-order valence-electron chi connectivity index (χ4n) is 9.01. The summed E-state index contributed by atoms with van der Waals surface area (Å²) in [6.07, 6.45) is 16.7. The van der Waals surface area contributed by atoms with E-state index in [1.807, 2.05) is 11.1 Å². The van der Waals surface area contributed by atoms with Crippen molar-refractivity contribution in [3.63, 3.8) is 0 Å². The topological polar surface area (TPSA) is 20.2 Å².